The van der Waals surface area contributed by atoms with Gasteiger partial charge in [-0.05, 0) is 48.5 Å². The van der Waals surface area contributed by atoms with Gasteiger partial charge in [0.2, 0.25) is 0 Å². The van der Waals surface area contributed by atoms with Crippen LogP contribution in [0.1, 0.15) is 18.1 Å². The molecule has 2 aromatic carbocycles. The molecule has 0 radical (unpaired) electrons. The lowest BCUT2D eigenvalue weighted by atomic mass is 10.2. The first kappa shape index (κ1) is 27.6. The normalized spacial score (nSPS) is 12.9. The van der Waals surface area contributed by atoms with Gasteiger partial charge in [-0.2, -0.15) is 0 Å². The number of carboxylic acid groups (broad SMARTS) is 1. The van der Waals surface area contributed by atoms with E-state index in [2.05, 4.69) is 0 Å². The number of hydrogen-bond donors (Lipinski definition) is 5. The van der Waals surface area contributed by atoms with Gasteiger partial charge in [0.1, 0.15) is 36.4 Å². The fourth-order valence-corrected chi connectivity index (χ4v) is 3.15. The Labute approximate surface area is 208 Å². The molecule has 2 aromatic rings. The number of hydrogen-bond acceptors (Lipinski definition) is 7. The highest BCUT2D eigenvalue weighted by Gasteiger charge is 2.32. The second-order valence-electron chi connectivity index (χ2n) is 7.68. The van der Waals surface area contributed by atoms with Crippen LogP contribution in [0, 0.1) is 10.8 Å². The van der Waals surface area contributed by atoms with Gasteiger partial charge >= 0.3 is 11.8 Å². The SMILES string of the molecule is CC(=O)O.N=C(N)c1ccc(OCCN2CCN(CCOc3ccc(C(=N)N)cc3)C(=O)C2=O)cc1. The molecule has 0 bridgehead atoms. The van der Waals surface area contributed by atoms with Gasteiger partial charge in [-0.15, -0.1) is 0 Å². The van der Waals surface area contributed by atoms with Crippen LogP contribution in [0.5, 0.6) is 11.5 Å². The first-order chi connectivity index (χ1) is 17.1. The van der Waals surface area contributed by atoms with E-state index in [0.717, 1.165) is 6.92 Å². The van der Waals surface area contributed by atoms with Crippen molar-refractivity contribution in [2.75, 3.05) is 39.4 Å². The maximum atomic E-state index is 12.4. The summed E-state index contributed by atoms with van der Waals surface area (Å²) in [6.45, 7) is 3.02. The van der Waals surface area contributed by atoms with Crippen molar-refractivity contribution in [2.24, 2.45) is 11.5 Å². The molecule has 36 heavy (non-hydrogen) atoms. The molecule has 0 aliphatic carbocycles. The van der Waals surface area contributed by atoms with Crippen LogP contribution >= 0.6 is 0 Å². The molecule has 7 N–H and O–H groups in total. The average molecular weight is 499 g/mol. The van der Waals surface area contributed by atoms with Crippen molar-refractivity contribution in [3.8, 4) is 11.5 Å². The number of amidine groups is 2. The molecule has 0 atom stereocenters. The van der Waals surface area contributed by atoms with Crippen LogP contribution in [0.25, 0.3) is 0 Å². The van der Waals surface area contributed by atoms with E-state index in [9.17, 15) is 9.59 Å². The smallest absolute Gasteiger partial charge is 0.312 e. The Hall–Kier alpha value is -4.61. The lowest BCUT2D eigenvalue weighted by Crippen LogP contribution is -2.55. The van der Waals surface area contributed by atoms with Crippen molar-refractivity contribution < 1.29 is 29.0 Å². The molecule has 0 spiro atoms. The number of nitrogen functional groups attached to an aromatic ring is 2. The van der Waals surface area contributed by atoms with Gasteiger partial charge in [-0.25, -0.2) is 0 Å². The number of carbonyl (C=O) groups is 3. The number of carbonyl (C=O) groups excluding carboxylic acids is 2. The van der Waals surface area contributed by atoms with Crippen molar-refractivity contribution >= 4 is 29.5 Å². The third kappa shape index (κ3) is 8.63. The van der Waals surface area contributed by atoms with Gasteiger partial charge in [0.25, 0.3) is 5.97 Å². The molecule has 1 heterocycles. The van der Waals surface area contributed by atoms with Gasteiger partial charge in [0.15, 0.2) is 0 Å². The van der Waals surface area contributed by atoms with Crippen LogP contribution in [0.15, 0.2) is 48.5 Å². The number of amides is 2. The zero-order valence-corrected chi connectivity index (χ0v) is 19.9. The van der Waals surface area contributed by atoms with Crippen LogP contribution < -0.4 is 20.9 Å². The van der Waals surface area contributed by atoms with E-state index in [1.54, 1.807) is 48.5 Å². The molecule has 0 saturated carbocycles. The highest BCUT2D eigenvalue weighted by Crippen LogP contribution is 2.14. The summed E-state index contributed by atoms with van der Waals surface area (Å²) in [7, 11) is 0. The van der Waals surface area contributed by atoms with Gasteiger partial charge in [0.05, 0.1) is 13.1 Å². The molecule has 12 nitrogen and oxygen atoms in total. The lowest BCUT2D eigenvalue weighted by molar-refractivity contribution is -0.156. The predicted octanol–water partition coefficient (Wildman–Crippen LogP) is 0.474. The third-order valence-corrected chi connectivity index (χ3v) is 4.99. The highest BCUT2D eigenvalue weighted by atomic mass is 16.5. The first-order valence-electron chi connectivity index (χ1n) is 11.0. The molecule has 0 unspecified atom stereocenters. The van der Waals surface area contributed by atoms with Crippen LogP contribution in [0.4, 0.5) is 0 Å². The van der Waals surface area contributed by atoms with Crippen LogP contribution in [-0.2, 0) is 14.4 Å². The zero-order valence-electron chi connectivity index (χ0n) is 19.9. The van der Waals surface area contributed by atoms with E-state index in [4.69, 9.17) is 41.7 Å². The Balaban J connectivity index is 0.00000106. The van der Waals surface area contributed by atoms with Gasteiger partial charge in [-0.3, -0.25) is 25.2 Å². The van der Waals surface area contributed by atoms with Crippen molar-refractivity contribution in [2.45, 2.75) is 6.92 Å². The lowest BCUT2D eigenvalue weighted by Gasteiger charge is -2.33. The Bertz CT molecular complexity index is 1000. The number of nitrogens with two attached hydrogens (primary N) is 2. The second-order valence-corrected chi connectivity index (χ2v) is 7.68. The van der Waals surface area contributed by atoms with E-state index in [-0.39, 0.29) is 24.9 Å². The Morgan fingerprint density at radius 2 is 1.11 bits per heavy atom. The summed E-state index contributed by atoms with van der Waals surface area (Å²) < 4.78 is 11.2. The number of nitrogens with one attached hydrogen (secondary N) is 2. The first-order valence-corrected chi connectivity index (χ1v) is 11.0. The van der Waals surface area contributed by atoms with Gasteiger partial charge in [-0.1, -0.05) is 0 Å². The summed E-state index contributed by atoms with van der Waals surface area (Å²) in [5.74, 6) is -0.790. The fraction of sp³-hybridized carbons (Fsp3) is 0.292. The molecule has 1 saturated heterocycles. The van der Waals surface area contributed by atoms with Crippen LogP contribution in [-0.4, -0.2) is 83.8 Å². The summed E-state index contributed by atoms with van der Waals surface area (Å²) in [5.41, 5.74) is 12.0. The molecule has 1 aliphatic heterocycles. The predicted molar refractivity (Wildman–Crippen MR) is 132 cm³/mol. The van der Waals surface area contributed by atoms with E-state index < -0.39 is 17.8 Å². The van der Waals surface area contributed by atoms with Crippen molar-refractivity contribution in [3.63, 3.8) is 0 Å². The summed E-state index contributed by atoms with van der Waals surface area (Å²) in [5, 5.41) is 22.2. The van der Waals surface area contributed by atoms with Crippen molar-refractivity contribution in [3.05, 3.63) is 59.7 Å². The number of benzene rings is 2. The maximum absolute atomic E-state index is 12.4. The molecule has 192 valence electrons. The van der Waals surface area contributed by atoms with Crippen molar-refractivity contribution in [1.82, 2.24) is 9.80 Å². The van der Waals surface area contributed by atoms with Gasteiger partial charge < -0.3 is 35.8 Å². The van der Waals surface area contributed by atoms with E-state index in [0.29, 0.717) is 48.8 Å². The molecule has 12 heteroatoms. The van der Waals surface area contributed by atoms with E-state index >= 15 is 0 Å². The van der Waals surface area contributed by atoms with Gasteiger partial charge in [0, 0.05) is 31.1 Å². The number of carboxylic acids is 1. The number of aliphatic carboxylic acids is 1. The summed E-state index contributed by atoms with van der Waals surface area (Å²) in [4.78, 5) is 36.8. The van der Waals surface area contributed by atoms with Crippen molar-refractivity contribution in [1.29, 1.82) is 10.8 Å². The summed E-state index contributed by atoms with van der Waals surface area (Å²) in [6.07, 6.45) is 0. The molecule has 1 aliphatic rings. The Morgan fingerprint density at radius 1 is 0.806 bits per heavy atom. The standard InChI is InChI=1S/C22H26N6O4.C2H4O2/c23-19(24)15-1-5-17(6-2-15)31-13-11-27-9-10-28(22(30)21(27)29)12-14-32-18-7-3-16(4-8-18)20(25)26;1-2(3)4/h1-8H,9-14H2,(H3,23,24)(H3,25,26);1H3,(H,3,4). The molecule has 3 rings (SSSR count). The minimum Gasteiger partial charge on any atom is -0.492 e. The average Bonchev–Trinajstić information content (AvgIpc) is 2.83. The monoisotopic (exact) mass is 498 g/mol. The highest BCUT2D eigenvalue weighted by molar-refractivity contribution is 6.35. The van der Waals surface area contributed by atoms with E-state index in [1.165, 1.54) is 9.80 Å². The molecule has 1 fully saturated rings. The summed E-state index contributed by atoms with van der Waals surface area (Å²) in [6, 6.07) is 13.6. The second kappa shape index (κ2) is 13.3. The third-order valence-electron chi connectivity index (χ3n) is 4.99. The molecule has 0 aromatic heterocycles. The number of rotatable bonds is 10. The van der Waals surface area contributed by atoms with Crippen LogP contribution in [0.3, 0.4) is 0 Å². The largest absolute Gasteiger partial charge is 0.492 e. The minimum absolute atomic E-state index is 0.0187. The minimum atomic E-state index is -0.833. The Morgan fingerprint density at radius 3 is 1.39 bits per heavy atom. The molecule has 2 amide bonds. The maximum Gasteiger partial charge on any atom is 0.312 e. The molecular weight excluding hydrogens is 468 g/mol. The number of nitrogens with zero attached hydrogens (tertiary/aromatic N) is 2. The summed E-state index contributed by atoms with van der Waals surface area (Å²) >= 11 is 0. The fourth-order valence-electron chi connectivity index (χ4n) is 3.15. The quantitative estimate of drug-likeness (QED) is 0.177. The number of piperazine rings is 1. The topological polar surface area (TPSA) is 196 Å². The van der Waals surface area contributed by atoms with E-state index in [1.807, 2.05) is 0 Å². The Kier molecular flexibility index (Phi) is 10.2. The zero-order chi connectivity index (χ0) is 26.7. The number of ether oxygens (including phenoxy) is 2. The van der Waals surface area contributed by atoms with Crippen LogP contribution in [0.2, 0.25) is 0 Å². The molecular formula is C24H30N6O6.